The Bertz CT molecular complexity index is 534. The van der Waals surface area contributed by atoms with Gasteiger partial charge in [0.1, 0.15) is 0 Å². The predicted molar refractivity (Wildman–Crippen MR) is 85.5 cm³/mol. The Labute approximate surface area is 130 Å². The van der Waals surface area contributed by atoms with Gasteiger partial charge >= 0.3 is 0 Å². The van der Waals surface area contributed by atoms with Gasteiger partial charge in [-0.05, 0) is 50.9 Å². The van der Waals surface area contributed by atoms with Crippen LogP contribution in [0.2, 0.25) is 5.02 Å². The number of hydrogen-bond donors (Lipinski definition) is 2. The van der Waals surface area contributed by atoms with Crippen LogP contribution in [0.15, 0.2) is 18.2 Å². The first kappa shape index (κ1) is 14.7. The molecule has 1 aromatic carbocycles. The van der Waals surface area contributed by atoms with E-state index in [-0.39, 0.29) is 11.9 Å². The molecule has 2 aliphatic rings. The van der Waals surface area contributed by atoms with Crippen molar-refractivity contribution in [1.82, 2.24) is 10.2 Å². The summed E-state index contributed by atoms with van der Waals surface area (Å²) in [6.07, 6.45) is 5.83. The first-order valence-electron chi connectivity index (χ1n) is 7.62. The van der Waals surface area contributed by atoms with Crippen LogP contribution in [-0.2, 0) is 0 Å². The lowest BCUT2D eigenvalue weighted by molar-refractivity contribution is 0.0463. The van der Waals surface area contributed by atoms with Crippen LogP contribution < -0.4 is 11.1 Å². The second kappa shape index (κ2) is 5.85. The Morgan fingerprint density at radius 3 is 2.67 bits per heavy atom. The molecule has 2 atom stereocenters. The van der Waals surface area contributed by atoms with Gasteiger partial charge in [0, 0.05) is 23.8 Å². The molecule has 0 saturated carbocycles. The molecule has 0 spiro atoms. The van der Waals surface area contributed by atoms with Crippen LogP contribution in [0.4, 0.5) is 5.69 Å². The van der Waals surface area contributed by atoms with Gasteiger partial charge in [-0.3, -0.25) is 4.79 Å². The lowest BCUT2D eigenvalue weighted by Gasteiger charge is -2.47. The summed E-state index contributed by atoms with van der Waals surface area (Å²) in [7, 11) is 2.21. The molecule has 4 nitrogen and oxygen atoms in total. The Hall–Kier alpha value is -1.26. The van der Waals surface area contributed by atoms with E-state index in [9.17, 15) is 4.79 Å². The van der Waals surface area contributed by atoms with Crippen LogP contribution in [-0.4, -0.2) is 36.0 Å². The van der Waals surface area contributed by atoms with Crippen molar-refractivity contribution in [2.45, 2.75) is 50.2 Å². The van der Waals surface area contributed by atoms with Crippen LogP contribution in [0.25, 0.3) is 0 Å². The fourth-order valence-corrected chi connectivity index (χ4v) is 3.92. The van der Waals surface area contributed by atoms with Crippen molar-refractivity contribution in [3.63, 3.8) is 0 Å². The predicted octanol–water partition coefficient (Wildman–Crippen LogP) is 2.67. The molecule has 1 aromatic rings. The topological polar surface area (TPSA) is 58.4 Å². The average molecular weight is 308 g/mol. The van der Waals surface area contributed by atoms with E-state index in [1.165, 1.54) is 19.3 Å². The highest BCUT2D eigenvalue weighted by molar-refractivity contribution is 6.34. The van der Waals surface area contributed by atoms with Crippen molar-refractivity contribution in [3.8, 4) is 0 Å². The molecular weight excluding hydrogens is 286 g/mol. The van der Waals surface area contributed by atoms with Crippen molar-refractivity contribution in [2.75, 3.05) is 12.8 Å². The van der Waals surface area contributed by atoms with E-state index in [1.54, 1.807) is 18.2 Å². The Kier molecular flexibility index (Phi) is 4.09. The van der Waals surface area contributed by atoms with Crippen LogP contribution in [0.3, 0.4) is 0 Å². The smallest absolute Gasteiger partial charge is 0.253 e. The van der Waals surface area contributed by atoms with Gasteiger partial charge in [0.15, 0.2) is 0 Å². The minimum absolute atomic E-state index is 0.111. The number of benzene rings is 1. The van der Waals surface area contributed by atoms with Crippen molar-refractivity contribution in [2.24, 2.45) is 0 Å². The highest BCUT2D eigenvalue weighted by Crippen LogP contribution is 2.32. The molecule has 2 saturated heterocycles. The molecule has 2 fully saturated rings. The molecule has 3 rings (SSSR count). The number of carbonyl (C=O) groups excluding carboxylic acids is 1. The first-order chi connectivity index (χ1) is 10.0. The number of hydrogen-bond acceptors (Lipinski definition) is 3. The molecular formula is C16H22ClN3O. The molecule has 0 aromatic heterocycles. The zero-order chi connectivity index (χ0) is 15.0. The number of nitrogen functional groups attached to an aromatic ring is 1. The molecule has 5 heteroatoms. The largest absolute Gasteiger partial charge is 0.399 e. The van der Waals surface area contributed by atoms with E-state index in [4.69, 9.17) is 17.3 Å². The Morgan fingerprint density at radius 1 is 1.33 bits per heavy atom. The lowest BCUT2D eigenvalue weighted by Crippen LogP contribution is -2.55. The number of piperidine rings is 2. The van der Waals surface area contributed by atoms with E-state index >= 15 is 0 Å². The van der Waals surface area contributed by atoms with Gasteiger partial charge < -0.3 is 16.0 Å². The molecule has 21 heavy (non-hydrogen) atoms. The molecule has 2 bridgehead atoms. The quantitative estimate of drug-likeness (QED) is 0.826. The third kappa shape index (κ3) is 3.01. The van der Waals surface area contributed by atoms with Gasteiger partial charge in [-0.25, -0.2) is 0 Å². The summed E-state index contributed by atoms with van der Waals surface area (Å²) in [4.78, 5) is 14.9. The Morgan fingerprint density at radius 2 is 2.00 bits per heavy atom. The SMILES string of the molecule is CN1C2CCCC1CC(NC(=O)c1cc(N)ccc1Cl)C2. The third-order valence-electron chi connectivity index (χ3n) is 4.91. The molecule has 2 aliphatic heterocycles. The number of anilines is 1. The van der Waals surface area contributed by atoms with Gasteiger partial charge in [-0.15, -0.1) is 0 Å². The molecule has 114 valence electrons. The van der Waals surface area contributed by atoms with E-state index in [0.29, 0.717) is 28.4 Å². The van der Waals surface area contributed by atoms with Crippen molar-refractivity contribution in [3.05, 3.63) is 28.8 Å². The van der Waals surface area contributed by atoms with E-state index in [1.807, 2.05) is 0 Å². The fourth-order valence-electron chi connectivity index (χ4n) is 3.71. The second-order valence-corrected chi connectivity index (χ2v) is 6.69. The number of fused-ring (bicyclic) bond motifs is 2. The van der Waals surface area contributed by atoms with Crippen LogP contribution in [0.1, 0.15) is 42.5 Å². The monoisotopic (exact) mass is 307 g/mol. The van der Waals surface area contributed by atoms with Crippen molar-refractivity contribution in [1.29, 1.82) is 0 Å². The number of carbonyl (C=O) groups is 1. The highest BCUT2D eigenvalue weighted by atomic mass is 35.5. The van der Waals surface area contributed by atoms with Crippen LogP contribution >= 0.6 is 11.6 Å². The van der Waals surface area contributed by atoms with Crippen LogP contribution in [0, 0.1) is 0 Å². The number of nitrogens with zero attached hydrogens (tertiary/aromatic N) is 1. The van der Waals surface area contributed by atoms with Crippen LogP contribution in [0.5, 0.6) is 0 Å². The van der Waals surface area contributed by atoms with E-state index in [0.717, 1.165) is 12.8 Å². The summed E-state index contributed by atoms with van der Waals surface area (Å²) in [6.45, 7) is 0. The Balaban J connectivity index is 1.69. The number of rotatable bonds is 2. The maximum atomic E-state index is 12.4. The van der Waals surface area contributed by atoms with Gasteiger partial charge in [-0.1, -0.05) is 18.0 Å². The maximum absolute atomic E-state index is 12.4. The first-order valence-corrected chi connectivity index (χ1v) is 8.00. The van der Waals surface area contributed by atoms with Gasteiger partial charge in [0.05, 0.1) is 10.6 Å². The fraction of sp³-hybridized carbons (Fsp3) is 0.562. The average Bonchev–Trinajstić information content (AvgIpc) is 2.42. The summed E-state index contributed by atoms with van der Waals surface area (Å²) in [5.41, 5.74) is 6.78. The molecule has 3 N–H and O–H groups in total. The normalized spacial score (nSPS) is 29.1. The maximum Gasteiger partial charge on any atom is 0.253 e. The zero-order valence-electron chi connectivity index (χ0n) is 12.3. The van der Waals surface area contributed by atoms with Gasteiger partial charge in [-0.2, -0.15) is 0 Å². The van der Waals surface area contributed by atoms with E-state index < -0.39 is 0 Å². The standard InChI is InChI=1S/C16H22ClN3O/c1-20-12-3-2-4-13(20)9-11(8-12)19-16(21)14-7-10(18)5-6-15(14)17/h5-7,11-13H,2-4,8-9,18H2,1H3,(H,19,21). The van der Waals surface area contributed by atoms with E-state index in [2.05, 4.69) is 17.3 Å². The summed E-state index contributed by atoms with van der Waals surface area (Å²) in [5, 5.41) is 3.60. The minimum atomic E-state index is -0.111. The lowest BCUT2D eigenvalue weighted by atomic mass is 9.82. The number of nitrogens with two attached hydrogens (primary N) is 1. The molecule has 0 aliphatic carbocycles. The van der Waals surface area contributed by atoms with Crippen molar-refractivity contribution < 1.29 is 4.79 Å². The highest BCUT2D eigenvalue weighted by Gasteiger charge is 2.36. The molecule has 2 heterocycles. The number of amides is 1. The zero-order valence-corrected chi connectivity index (χ0v) is 13.1. The number of nitrogens with one attached hydrogen (secondary N) is 1. The summed E-state index contributed by atoms with van der Waals surface area (Å²) in [6, 6.07) is 6.46. The second-order valence-electron chi connectivity index (χ2n) is 6.29. The van der Waals surface area contributed by atoms with Crippen molar-refractivity contribution >= 4 is 23.2 Å². The minimum Gasteiger partial charge on any atom is -0.399 e. The molecule has 0 radical (unpaired) electrons. The van der Waals surface area contributed by atoms with Gasteiger partial charge in [0.2, 0.25) is 0 Å². The van der Waals surface area contributed by atoms with Gasteiger partial charge in [0.25, 0.3) is 5.91 Å². The summed E-state index contributed by atoms with van der Waals surface area (Å²) < 4.78 is 0. The summed E-state index contributed by atoms with van der Waals surface area (Å²) in [5.74, 6) is -0.111. The molecule has 2 unspecified atom stereocenters. The molecule has 1 amide bonds. The number of halogens is 1. The third-order valence-corrected chi connectivity index (χ3v) is 5.24. The summed E-state index contributed by atoms with van der Waals surface area (Å²) >= 11 is 6.10.